The molecule has 0 spiro atoms. The maximum atomic E-state index is 11.0. The summed E-state index contributed by atoms with van der Waals surface area (Å²) >= 11 is 19.7. The van der Waals surface area contributed by atoms with Crippen molar-refractivity contribution in [1.29, 1.82) is 0 Å². The summed E-state index contributed by atoms with van der Waals surface area (Å²) in [4.78, 5) is 34.5. The normalized spacial score (nSPS) is 8.61. The fraction of sp³-hybridized carbons (Fsp3) is 0.118. The van der Waals surface area contributed by atoms with Gasteiger partial charge in [-0.25, -0.2) is 0 Å². The summed E-state index contributed by atoms with van der Waals surface area (Å²) in [6.07, 6.45) is 0. The molecule has 0 saturated heterocycles. The third-order valence-electron chi connectivity index (χ3n) is 3.05. The summed E-state index contributed by atoms with van der Waals surface area (Å²) in [5.74, 6) is 0. The van der Waals surface area contributed by atoms with Crippen LogP contribution in [0.5, 0.6) is 0 Å². The molecule has 6 radical (unpaired) electrons. The number of aromatic nitrogens is 3. The lowest BCUT2D eigenvalue weighted by Crippen LogP contribution is -2.16. The van der Waals surface area contributed by atoms with Crippen LogP contribution >= 0.6 is 50.7 Å². The van der Waals surface area contributed by atoms with E-state index in [4.69, 9.17) is 42.5 Å². The van der Waals surface area contributed by atoms with Gasteiger partial charge in [-0.1, -0.05) is 54.7 Å². The van der Waals surface area contributed by atoms with Gasteiger partial charge in [0.2, 0.25) is 5.56 Å². The highest BCUT2D eigenvalue weighted by Crippen LogP contribution is 2.08. The molecule has 160 valence electrons. The van der Waals surface area contributed by atoms with Crippen molar-refractivity contribution >= 4 is 81.7 Å². The zero-order valence-electron chi connectivity index (χ0n) is 16.0. The second-order valence-electron chi connectivity index (χ2n) is 4.98. The maximum absolute atomic E-state index is 11.0. The second kappa shape index (κ2) is 18.1. The van der Waals surface area contributed by atoms with E-state index in [-0.39, 0.29) is 24.4 Å². The molecule has 0 aliphatic rings. The fourth-order valence-corrected chi connectivity index (χ4v) is 2.40. The Balaban J connectivity index is 0. The van der Waals surface area contributed by atoms with Crippen molar-refractivity contribution in [3.8, 4) is 0 Å². The van der Waals surface area contributed by atoms with E-state index in [1.54, 1.807) is 50.5 Å². The highest BCUT2D eigenvalue weighted by atomic mass is 79.9. The molecular weight excluding hydrogens is 524 g/mol. The Morgan fingerprint density at radius 3 is 1.74 bits per heavy atom. The molecule has 0 saturated carbocycles. The molecule has 0 aromatic carbocycles. The van der Waals surface area contributed by atoms with Crippen LogP contribution in [0.25, 0.3) is 0 Å². The molecule has 0 bridgehead atoms. The molecule has 0 atom stereocenters. The number of rotatable bonds is 0. The van der Waals surface area contributed by atoms with E-state index in [1.165, 1.54) is 21.3 Å². The fourth-order valence-electron chi connectivity index (χ4n) is 1.54. The largest absolute Gasteiger partial charge is 0.313 e. The van der Waals surface area contributed by atoms with Gasteiger partial charge in [0.1, 0.15) is 15.5 Å². The molecule has 3 aromatic heterocycles. The highest BCUT2D eigenvalue weighted by molar-refractivity contribution is 9.10. The molecule has 3 heterocycles. The molecule has 0 unspecified atom stereocenters. The van der Waals surface area contributed by atoms with Gasteiger partial charge in [0.15, 0.2) is 0 Å². The van der Waals surface area contributed by atoms with E-state index in [1.807, 2.05) is 0 Å². The average Bonchev–Trinajstić information content (AvgIpc) is 2.77. The lowest BCUT2D eigenvalue weighted by Gasteiger charge is -1.99. The molecule has 0 aliphatic heterocycles. The van der Waals surface area contributed by atoms with Gasteiger partial charge in [-0.2, -0.15) is 7.74 Å². The summed E-state index contributed by atoms with van der Waals surface area (Å²) < 4.78 is 3.27. The van der Waals surface area contributed by atoms with Gasteiger partial charge in [0.05, 0.1) is 4.47 Å². The number of hydrogen-bond acceptors (Lipinski definition) is 3. The number of H-pyrrole nitrogens is 1. The van der Waals surface area contributed by atoms with Crippen LogP contribution in [0, 0.1) is 0 Å². The summed E-state index contributed by atoms with van der Waals surface area (Å²) in [5, 5.41) is 1.27. The van der Waals surface area contributed by atoms with Crippen molar-refractivity contribution in [3.63, 3.8) is 0 Å². The van der Waals surface area contributed by atoms with Crippen LogP contribution in [0.1, 0.15) is 0 Å². The first-order chi connectivity index (χ1) is 14.6. The number of aromatic amines is 1. The molecule has 0 aliphatic carbocycles. The summed E-state index contributed by atoms with van der Waals surface area (Å²) in [5.41, 5.74) is -0.368. The number of nitrogens with one attached hydrogen (secondary N) is 1. The van der Waals surface area contributed by atoms with E-state index >= 15 is 0 Å². The molecule has 14 heteroatoms. The highest BCUT2D eigenvalue weighted by Gasteiger charge is 1.98. The van der Waals surface area contributed by atoms with Crippen molar-refractivity contribution in [2.75, 3.05) is 0 Å². The number of nitrogens with zero attached hydrogens (tertiary/aromatic N) is 2. The van der Waals surface area contributed by atoms with Crippen molar-refractivity contribution < 1.29 is 0 Å². The molecule has 31 heavy (non-hydrogen) atoms. The maximum Gasteiger partial charge on any atom is 0.265 e. The Bertz CT molecular complexity index is 1090. The van der Waals surface area contributed by atoms with Crippen LogP contribution in [0.4, 0.5) is 0 Å². The van der Waals surface area contributed by atoms with E-state index in [0.717, 1.165) is 0 Å². The molecule has 1 N–H and O–H groups in total. The monoisotopic (exact) mass is 540 g/mol. The molecule has 3 rings (SSSR count). The second-order valence-corrected chi connectivity index (χ2v) is 7.01. The van der Waals surface area contributed by atoms with Crippen molar-refractivity contribution in [2.24, 2.45) is 14.1 Å². The van der Waals surface area contributed by atoms with Gasteiger partial charge in [-0.15, -0.1) is 0 Å². The zero-order chi connectivity index (χ0) is 24.6. The molecule has 6 nitrogen and oxygen atoms in total. The van der Waals surface area contributed by atoms with E-state index in [0.29, 0.717) is 19.9 Å². The minimum Gasteiger partial charge on any atom is -0.313 e. The van der Waals surface area contributed by atoms with Crippen LogP contribution in [0.2, 0.25) is 15.5 Å². The van der Waals surface area contributed by atoms with E-state index in [9.17, 15) is 14.4 Å². The number of hydrogen-bond donors (Lipinski definition) is 1. The Labute approximate surface area is 208 Å². The zero-order valence-corrected chi connectivity index (χ0v) is 19.8. The van der Waals surface area contributed by atoms with Gasteiger partial charge in [-0.3, -0.25) is 14.4 Å². The third-order valence-corrected chi connectivity index (χ3v) is 4.64. The van der Waals surface area contributed by atoms with Crippen LogP contribution in [0.3, 0.4) is 0 Å². The number of halogens is 4. The quantitative estimate of drug-likeness (QED) is 0.347. The van der Waals surface area contributed by atoms with Gasteiger partial charge in [-0.05, 0) is 40.2 Å². The van der Waals surface area contributed by atoms with Gasteiger partial charge in [0.25, 0.3) is 11.1 Å². The predicted octanol–water partition coefficient (Wildman–Crippen LogP) is 1.54. The first-order valence-corrected chi connectivity index (χ1v) is 9.57. The van der Waals surface area contributed by atoms with Crippen LogP contribution in [-0.2, 0) is 14.1 Å². The van der Waals surface area contributed by atoms with Crippen molar-refractivity contribution in [3.05, 3.63) is 99.5 Å². The van der Waals surface area contributed by atoms with E-state index in [2.05, 4.69) is 36.4 Å². The first kappa shape index (κ1) is 31.6. The Morgan fingerprint density at radius 1 is 0.839 bits per heavy atom. The van der Waals surface area contributed by atoms with Crippen molar-refractivity contribution in [2.45, 2.75) is 0 Å². The minimum atomic E-state index is -0.169. The van der Waals surface area contributed by atoms with Crippen LogP contribution in [0.15, 0.2) is 67.4 Å². The van der Waals surface area contributed by atoms with Gasteiger partial charge in [0, 0.05) is 41.7 Å². The van der Waals surface area contributed by atoms with Gasteiger partial charge >= 0.3 is 0 Å². The number of pyridine rings is 3. The molecular formula is C17H18B4BrCl3N3O3-. The Hall–Kier alpha value is -1.54. The topological polar surface area (TPSA) is 76.9 Å². The molecule has 3 aromatic rings. The molecule has 0 amide bonds. The van der Waals surface area contributed by atoms with Crippen LogP contribution in [-0.4, -0.2) is 45.1 Å². The lowest BCUT2D eigenvalue weighted by atomic mass is 9.81. The average molecular weight is 542 g/mol. The Kier molecular flexibility index (Phi) is 18.4. The smallest absolute Gasteiger partial charge is 0.265 e. The summed E-state index contributed by atoms with van der Waals surface area (Å²) in [6.45, 7) is 0. The van der Waals surface area contributed by atoms with Gasteiger partial charge < -0.3 is 14.1 Å². The summed E-state index contributed by atoms with van der Waals surface area (Å²) in [6, 6.07) is 12.7. The molecule has 0 fully saturated rings. The lowest BCUT2D eigenvalue weighted by molar-refractivity contribution is 0.855. The van der Waals surface area contributed by atoms with E-state index < -0.39 is 0 Å². The summed E-state index contributed by atoms with van der Waals surface area (Å²) in [7, 11) is 16.3. The Morgan fingerprint density at radius 2 is 1.35 bits per heavy atom. The standard InChI is InChI=1S/C6H5BrClNO.C6H6ClNO.C5H4ClNO.B2H3.B2/c1-9-5(8)3-2-4(7)6(9)10;1-8-5(7)3-2-4-6(8)9;6-4-2-1-3-5(8)7-4;2*1-2/h2-3H,1H3;2-4H,1H3;1-3H,(H,7,8);1H3;/q;;;-1;. The third kappa shape index (κ3) is 12.8. The predicted molar refractivity (Wildman–Crippen MR) is 140 cm³/mol. The van der Waals surface area contributed by atoms with Crippen molar-refractivity contribution in [1.82, 2.24) is 14.1 Å². The van der Waals surface area contributed by atoms with Crippen LogP contribution < -0.4 is 16.7 Å². The first-order valence-electron chi connectivity index (χ1n) is 7.64. The minimum absolute atomic E-state index is 0.0810. The SMILES string of the molecule is Cn1c(Cl)ccc(Br)c1=O.Cn1c(Cl)cccc1=O.O=c1cccc(Cl)[nH]1.[B][BH3-].[B][B].